The van der Waals surface area contributed by atoms with E-state index in [1.54, 1.807) is 6.07 Å². The average molecular weight is 254 g/mol. The average Bonchev–Trinajstić information content (AvgIpc) is 2.31. The Labute approximate surface area is 108 Å². The van der Waals surface area contributed by atoms with Crippen molar-refractivity contribution in [3.63, 3.8) is 0 Å². The Balaban J connectivity index is 1.91. The molecular weight excluding hydrogens is 234 g/mol. The number of benzene rings is 1. The molecule has 2 nitrogen and oxygen atoms in total. The Kier molecular flexibility index (Phi) is 4.30. The number of phenols is 1. The number of halogens is 1. The first-order valence-corrected chi connectivity index (χ1v) is 6.74. The van der Waals surface area contributed by atoms with Gasteiger partial charge in [-0.3, -0.25) is 0 Å². The number of aromatic hydroxyl groups is 1. The summed E-state index contributed by atoms with van der Waals surface area (Å²) in [4.78, 5) is 0. The third kappa shape index (κ3) is 3.36. The second-order valence-electron chi connectivity index (χ2n) is 5.10. The molecule has 1 aliphatic carbocycles. The molecule has 0 aromatic heterocycles. The molecule has 3 heteroatoms. The Morgan fingerprint density at radius 3 is 3.00 bits per heavy atom. The predicted molar refractivity (Wildman–Crippen MR) is 71.4 cm³/mol. The molecule has 0 spiro atoms. The van der Waals surface area contributed by atoms with E-state index < -0.39 is 0 Å². The van der Waals surface area contributed by atoms with Gasteiger partial charge in [0.25, 0.3) is 0 Å². The highest BCUT2D eigenvalue weighted by atomic mass is 35.5. The molecule has 1 saturated carbocycles. The lowest BCUT2D eigenvalue weighted by Gasteiger charge is -2.27. The van der Waals surface area contributed by atoms with Crippen LogP contribution < -0.4 is 5.32 Å². The minimum atomic E-state index is 0.213. The summed E-state index contributed by atoms with van der Waals surface area (Å²) in [7, 11) is 0. The second kappa shape index (κ2) is 5.74. The summed E-state index contributed by atoms with van der Waals surface area (Å²) in [5.41, 5.74) is 0.885. The van der Waals surface area contributed by atoms with Gasteiger partial charge < -0.3 is 10.4 Å². The van der Waals surface area contributed by atoms with Gasteiger partial charge in [-0.15, -0.1) is 0 Å². The van der Waals surface area contributed by atoms with E-state index >= 15 is 0 Å². The van der Waals surface area contributed by atoms with Gasteiger partial charge in [0.2, 0.25) is 0 Å². The van der Waals surface area contributed by atoms with Crippen molar-refractivity contribution in [2.75, 3.05) is 0 Å². The molecule has 0 radical (unpaired) electrons. The smallest absolute Gasteiger partial charge is 0.138 e. The minimum Gasteiger partial charge on any atom is -0.506 e. The summed E-state index contributed by atoms with van der Waals surface area (Å²) in [5, 5.41) is 13.8. The predicted octanol–water partition coefficient (Wildman–Crippen LogP) is 3.71. The fraction of sp³-hybridized carbons (Fsp3) is 0.571. The summed E-state index contributed by atoms with van der Waals surface area (Å²) >= 11 is 5.88. The number of hydrogen-bond acceptors (Lipinski definition) is 2. The van der Waals surface area contributed by atoms with Crippen molar-refractivity contribution in [3.05, 3.63) is 28.8 Å². The first kappa shape index (κ1) is 12.7. The quantitative estimate of drug-likeness (QED) is 0.861. The summed E-state index contributed by atoms with van der Waals surface area (Å²) in [5.74, 6) is 1.03. The second-order valence-corrected chi connectivity index (χ2v) is 5.50. The van der Waals surface area contributed by atoms with Crippen molar-refractivity contribution in [3.8, 4) is 5.75 Å². The maximum atomic E-state index is 9.81. The molecule has 1 aliphatic rings. The lowest BCUT2D eigenvalue weighted by molar-refractivity contribution is 0.299. The molecule has 0 bridgehead atoms. The van der Waals surface area contributed by atoms with E-state index in [1.165, 1.54) is 25.7 Å². The van der Waals surface area contributed by atoms with Gasteiger partial charge in [0.15, 0.2) is 0 Å². The highest BCUT2D eigenvalue weighted by molar-refractivity contribution is 6.32. The molecule has 94 valence electrons. The van der Waals surface area contributed by atoms with Crippen molar-refractivity contribution in [1.29, 1.82) is 0 Å². The molecule has 1 fully saturated rings. The third-order valence-corrected chi connectivity index (χ3v) is 3.89. The summed E-state index contributed by atoms with van der Waals surface area (Å²) < 4.78 is 0. The molecule has 0 aliphatic heterocycles. The molecule has 2 atom stereocenters. The fourth-order valence-electron chi connectivity index (χ4n) is 2.58. The molecular formula is C14H20ClNO. The number of hydrogen-bond donors (Lipinski definition) is 2. The molecule has 1 aromatic rings. The number of phenolic OH excluding ortho intramolecular Hbond substituents is 1. The van der Waals surface area contributed by atoms with Crippen LogP contribution in [-0.2, 0) is 6.54 Å². The topological polar surface area (TPSA) is 32.3 Å². The van der Waals surface area contributed by atoms with Crippen LogP contribution in [0, 0.1) is 5.92 Å². The Bertz CT molecular complexity index is 380. The van der Waals surface area contributed by atoms with Gasteiger partial charge in [0.05, 0.1) is 5.02 Å². The van der Waals surface area contributed by atoms with Crippen LogP contribution in [-0.4, -0.2) is 11.1 Å². The Hall–Kier alpha value is -0.730. The standard InChI is InChI=1S/C14H20ClNO/c1-10-4-2-6-12(8-10)16-9-11-5-3-7-13(15)14(11)17/h3,5,7,10,12,16-17H,2,4,6,8-9H2,1H3. The SMILES string of the molecule is CC1CCCC(NCc2cccc(Cl)c2O)C1. The maximum absolute atomic E-state index is 9.81. The number of para-hydroxylation sites is 1. The van der Waals surface area contributed by atoms with Gasteiger partial charge in [0, 0.05) is 18.2 Å². The van der Waals surface area contributed by atoms with Crippen molar-refractivity contribution in [2.45, 2.75) is 45.2 Å². The van der Waals surface area contributed by atoms with Crippen LogP contribution in [0.3, 0.4) is 0 Å². The molecule has 17 heavy (non-hydrogen) atoms. The first-order valence-electron chi connectivity index (χ1n) is 6.36. The van der Waals surface area contributed by atoms with E-state index in [-0.39, 0.29) is 5.75 Å². The molecule has 0 amide bonds. The first-order chi connectivity index (χ1) is 8.16. The van der Waals surface area contributed by atoms with E-state index in [0.717, 1.165) is 11.5 Å². The van der Waals surface area contributed by atoms with Crippen LogP contribution in [0.15, 0.2) is 18.2 Å². The van der Waals surface area contributed by atoms with Gasteiger partial charge in [-0.1, -0.05) is 43.5 Å². The van der Waals surface area contributed by atoms with Crippen LogP contribution in [0.25, 0.3) is 0 Å². The zero-order valence-electron chi connectivity index (χ0n) is 10.2. The molecule has 0 saturated heterocycles. The zero-order chi connectivity index (χ0) is 12.3. The number of nitrogens with one attached hydrogen (secondary N) is 1. The normalized spacial score (nSPS) is 24.8. The third-order valence-electron chi connectivity index (χ3n) is 3.59. The van der Waals surface area contributed by atoms with E-state index in [2.05, 4.69) is 12.2 Å². The largest absolute Gasteiger partial charge is 0.506 e. The summed E-state index contributed by atoms with van der Waals surface area (Å²) in [6.07, 6.45) is 5.13. The Morgan fingerprint density at radius 1 is 1.41 bits per heavy atom. The summed E-state index contributed by atoms with van der Waals surface area (Å²) in [6.45, 7) is 3.01. The van der Waals surface area contributed by atoms with Crippen LogP contribution in [0.4, 0.5) is 0 Å². The van der Waals surface area contributed by atoms with E-state index in [1.807, 2.05) is 12.1 Å². The van der Waals surface area contributed by atoms with Gasteiger partial charge in [-0.25, -0.2) is 0 Å². The number of rotatable bonds is 3. The lowest BCUT2D eigenvalue weighted by Crippen LogP contribution is -2.33. The van der Waals surface area contributed by atoms with Gasteiger partial charge >= 0.3 is 0 Å². The minimum absolute atomic E-state index is 0.213. The molecule has 2 rings (SSSR count). The van der Waals surface area contributed by atoms with Crippen molar-refractivity contribution in [2.24, 2.45) is 5.92 Å². The van der Waals surface area contributed by atoms with Crippen LogP contribution >= 0.6 is 11.6 Å². The van der Waals surface area contributed by atoms with Gasteiger partial charge in [-0.2, -0.15) is 0 Å². The Morgan fingerprint density at radius 2 is 2.24 bits per heavy atom. The van der Waals surface area contributed by atoms with Crippen LogP contribution in [0.2, 0.25) is 5.02 Å². The van der Waals surface area contributed by atoms with Gasteiger partial charge in [0.1, 0.15) is 5.75 Å². The van der Waals surface area contributed by atoms with Crippen molar-refractivity contribution in [1.82, 2.24) is 5.32 Å². The maximum Gasteiger partial charge on any atom is 0.138 e. The highest BCUT2D eigenvalue weighted by Crippen LogP contribution is 2.28. The highest BCUT2D eigenvalue weighted by Gasteiger charge is 2.18. The molecule has 2 unspecified atom stereocenters. The van der Waals surface area contributed by atoms with E-state index in [0.29, 0.717) is 17.6 Å². The monoisotopic (exact) mass is 253 g/mol. The molecule has 2 N–H and O–H groups in total. The molecule has 1 aromatic carbocycles. The zero-order valence-corrected chi connectivity index (χ0v) is 11.0. The summed E-state index contributed by atoms with van der Waals surface area (Å²) in [6, 6.07) is 6.09. The molecule has 0 heterocycles. The lowest BCUT2D eigenvalue weighted by atomic mass is 9.87. The van der Waals surface area contributed by atoms with Gasteiger partial charge in [-0.05, 0) is 24.8 Å². The van der Waals surface area contributed by atoms with Crippen molar-refractivity contribution >= 4 is 11.6 Å². The van der Waals surface area contributed by atoms with Crippen molar-refractivity contribution < 1.29 is 5.11 Å². The van der Waals surface area contributed by atoms with E-state index in [9.17, 15) is 5.11 Å². The van der Waals surface area contributed by atoms with Crippen LogP contribution in [0.1, 0.15) is 38.2 Å². The fourth-order valence-corrected chi connectivity index (χ4v) is 2.77. The van der Waals surface area contributed by atoms with E-state index in [4.69, 9.17) is 11.6 Å². The van der Waals surface area contributed by atoms with Crippen LogP contribution in [0.5, 0.6) is 5.75 Å².